The first-order chi connectivity index (χ1) is 13.0. The van der Waals surface area contributed by atoms with E-state index in [-0.39, 0.29) is 5.97 Å². The number of esters is 1. The van der Waals surface area contributed by atoms with Gasteiger partial charge < -0.3 is 4.74 Å². The van der Waals surface area contributed by atoms with Gasteiger partial charge in [-0.2, -0.15) is 5.10 Å². The molecule has 0 atom stereocenters. The second kappa shape index (κ2) is 8.21. The topological polar surface area (TPSA) is 44.1 Å². The lowest BCUT2D eigenvalue weighted by Crippen LogP contribution is -2.12. The molecule has 2 aromatic carbocycles. The lowest BCUT2D eigenvalue weighted by atomic mass is 10.1. The number of aryl methyl sites for hydroxylation is 3. The first kappa shape index (κ1) is 18.9. The van der Waals surface area contributed by atoms with Crippen LogP contribution in [0.3, 0.4) is 0 Å². The van der Waals surface area contributed by atoms with E-state index in [4.69, 9.17) is 4.74 Å². The zero-order valence-electron chi connectivity index (χ0n) is 16.5. The summed E-state index contributed by atoms with van der Waals surface area (Å²) in [5.74, 6) is 0.0869. The molecule has 0 N–H and O–H groups in total. The van der Waals surface area contributed by atoms with Gasteiger partial charge in [0.2, 0.25) is 5.88 Å². The van der Waals surface area contributed by atoms with Crippen LogP contribution in [0.4, 0.5) is 0 Å². The van der Waals surface area contributed by atoms with Gasteiger partial charge in [0.05, 0.1) is 16.9 Å². The largest absolute Gasteiger partial charge is 0.404 e. The van der Waals surface area contributed by atoms with Crippen molar-refractivity contribution in [2.45, 2.75) is 47.0 Å². The Morgan fingerprint density at radius 3 is 2.48 bits per heavy atom. The normalized spacial score (nSPS) is 10.8. The number of rotatable bonds is 6. The van der Waals surface area contributed by atoms with Gasteiger partial charge in [0.25, 0.3) is 0 Å². The van der Waals surface area contributed by atoms with Gasteiger partial charge in [-0.25, -0.2) is 9.48 Å². The molecular formula is C23H26N2O2. The van der Waals surface area contributed by atoms with Crippen molar-refractivity contribution in [3.8, 4) is 11.6 Å². The highest BCUT2D eigenvalue weighted by Gasteiger charge is 2.17. The van der Waals surface area contributed by atoms with Crippen LogP contribution in [0, 0.1) is 13.8 Å². The molecule has 0 radical (unpaired) electrons. The molecule has 3 rings (SSSR count). The maximum atomic E-state index is 12.7. The van der Waals surface area contributed by atoms with Crippen LogP contribution in [0.15, 0.2) is 48.5 Å². The summed E-state index contributed by atoms with van der Waals surface area (Å²) < 4.78 is 7.48. The van der Waals surface area contributed by atoms with E-state index in [1.165, 1.54) is 11.1 Å². The standard InChI is InChI=1S/C23H26N2O2/c1-5-8-20-15-22(25(24-20)21-10-7-9-16(3)17(21)4)27-23(26)19-13-11-18(6-2)12-14-19/h7,9-15H,5-6,8H2,1-4H3. The van der Waals surface area contributed by atoms with Gasteiger partial charge in [-0.15, -0.1) is 0 Å². The van der Waals surface area contributed by atoms with E-state index in [0.29, 0.717) is 11.4 Å². The molecule has 0 aliphatic heterocycles. The Bertz CT molecular complexity index is 940. The third-order valence-corrected chi connectivity index (χ3v) is 4.83. The smallest absolute Gasteiger partial charge is 0.344 e. The molecule has 0 saturated carbocycles. The van der Waals surface area contributed by atoms with Gasteiger partial charge in [0.1, 0.15) is 0 Å². The fraction of sp³-hybridized carbons (Fsp3) is 0.304. The van der Waals surface area contributed by atoms with E-state index < -0.39 is 0 Å². The molecule has 140 valence electrons. The minimum absolute atomic E-state index is 0.368. The molecule has 0 aliphatic carbocycles. The van der Waals surface area contributed by atoms with Gasteiger partial charge in [0, 0.05) is 6.07 Å². The Morgan fingerprint density at radius 2 is 1.81 bits per heavy atom. The van der Waals surface area contributed by atoms with Crippen LogP contribution in [0.5, 0.6) is 5.88 Å². The van der Waals surface area contributed by atoms with Crippen molar-refractivity contribution in [3.05, 3.63) is 76.5 Å². The Hall–Kier alpha value is -2.88. The molecule has 1 aromatic heterocycles. The van der Waals surface area contributed by atoms with Crippen LogP contribution in [0.1, 0.15) is 53.0 Å². The van der Waals surface area contributed by atoms with Crippen molar-refractivity contribution in [3.63, 3.8) is 0 Å². The zero-order valence-corrected chi connectivity index (χ0v) is 16.5. The number of carbonyl (C=O) groups is 1. The van der Waals surface area contributed by atoms with Crippen molar-refractivity contribution < 1.29 is 9.53 Å². The van der Waals surface area contributed by atoms with E-state index in [0.717, 1.165) is 36.2 Å². The summed E-state index contributed by atoms with van der Waals surface area (Å²) in [6.07, 6.45) is 2.76. The number of hydrogen-bond donors (Lipinski definition) is 0. The Labute approximate surface area is 160 Å². The number of aromatic nitrogens is 2. The lowest BCUT2D eigenvalue weighted by Gasteiger charge is -2.12. The summed E-state index contributed by atoms with van der Waals surface area (Å²) >= 11 is 0. The highest BCUT2D eigenvalue weighted by molar-refractivity contribution is 5.91. The Balaban J connectivity index is 1.96. The number of nitrogens with zero attached hydrogens (tertiary/aromatic N) is 2. The average Bonchev–Trinajstić information content (AvgIpc) is 3.06. The quantitative estimate of drug-likeness (QED) is 0.565. The van der Waals surface area contributed by atoms with Crippen LogP contribution >= 0.6 is 0 Å². The SMILES string of the molecule is CCCc1cc(OC(=O)c2ccc(CC)cc2)n(-c2cccc(C)c2C)n1. The Morgan fingerprint density at radius 1 is 1.07 bits per heavy atom. The summed E-state index contributed by atoms with van der Waals surface area (Å²) in [7, 11) is 0. The highest BCUT2D eigenvalue weighted by Crippen LogP contribution is 2.25. The van der Waals surface area contributed by atoms with Crippen molar-refractivity contribution in [1.29, 1.82) is 0 Å². The average molecular weight is 362 g/mol. The molecule has 0 aliphatic rings. The minimum atomic E-state index is -0.368. The van der Waals surface area contributed by atoms with Crippen molar-refractivity contribution in [1.82, 2.24) is 9.78 Å². The fourth-order valence-corrected chi connectivity index (χ4v) is 3.03. The molecule has 4 heteroatoms. The summed E-state index contributed by atoms with van der Waals surface area (Å²) in [5, 5.41) is 4.69. The first-order valence-electron chi connectivity index (χ1n) is 9.50. The number of ether oxygens (including phenoxy) is 1. The lowest BCUT2D eigenvalue weighted by molar-refractivity contribution is 0.0723. The number of hydrogen-bond acceptors (Lipinski definition) is 3. The maximum Gasteiger partial charge on any atom is 0.344 e. The third-order valence-electron chi connectivity index (χ3n) is 4.83. The minimum Gasteiger partial charge on any atom is -0.404 e. The second-order valence-electron chi connectivity index (χ2n) is 6.79. The van der Waals surface area contributed by atoms with Crippen LogP contribution in [0.25, 0.3) is 5.69 Å². The fourth-order valence-electron chi connectivity index (χ4n) is 3.03. The predicted octanol–water partition coefficient (Wildman–Crippen LogP) is 5.22. The molecule has 4 nitrogen and oxygen atoms in total. The zero-order chi connectivity index (χ0) is 19.4. The summed E-state index contributed by atoms with van der Waals surface area (Å²) in [5.41, 5.74) is 5.87. The number of benzene rings is 2. The molecule has 3 aromatic rings. The van der Waals surface area contributed by atoms with Gasteiger partial charge in [-0.05, 0) is 61.6 Å². The third kappa shape index (κ3) is 4.11. The molecule has 0 saturated heterocycles. The summed E-state index contributed by atoms with van der Waals surface area (Å²) in [4.78, 5) is 12.7. The predicted molar refractivity (Wildman–Crippen MR) is 108 cm³/mol. The van der Waals surface area contributed by atoms with Gasteiger partial charge >= 0.3 is 5.97 Å². The molecular weight excluding hydrogens is 336 g/mol. The molecule has 0 unspecified atom stereocenters. The highest BCUT2D eigenvalue weighted by atomic mass is 16.5. The molecule has 0 spiro atoms. The monoisotopic (exact) mass is 362 g/mol. The Kier molecular flexibility index (Phi) is 5.75. The van der Waals surface area contributed by atoms with E-state index in [1.54, 1.807) is 4.68 Å². The second-order valence-corrected chi connectivity index (χ2v) is 6.79. The maximum absolute atomic E-state index is 12.7. The van der Waals surface area contributed by atoms with Gasteiger partial charge in [0.15, 0.2) is 0 Å². The summed E-state index contributed by atoms with van der Waals surface area (Å²) in [6.45, 7) is 8.32. The van der Waals surface area contributed by atoms with Crippen LogP contribution < -0.4 is 4.74 Å². The van der Waals surface area contributed by atoms with Crippen molar-refractivity contribution in [2.24, 2.45) is 0 Å². The van der Waals surface area contributed by atoms with Crippen LogP contribution in [-0.2, 0) is 12.8 Å². The van der Waals surface area contributed by atoms with Crippen LogP contribution in [-0.4, -0.2) is 15.7 Å². The van der Waals surface area contributed by atoms with E-state index in [2.05, 4.69) is 38.9 Å². The van der Waals surface area contributed by atoms with Crippen molar-refractivity contribution >= 4 is 5.97 Å². The van der Waals surface area contributed by atoms with Gasteiger partial charge in [-0.3, -0.25) is 0 Å². The summed E-state index contributed by atoms with van der Waals surface area (Å²) in [6, 6.07) is 15.5. The van der Waals surface area contributed by atoms with E-state index in [9.17, 15) is 4.79 Å². The number of carbonyl (C=O) groups excluding carboxylic acids is 1. The van der Waals surface area contributed by atoms with Gasteiger partial charge in [-0.1, -0.05) is 44.5 Å². The molecule has 0 fully saturated rings. The molecule has 1 heterocycles. The first-order valence-corrected chi connectivity index (χ1v) is 9.50. The molecule has 0 amide bonds. The molecule has 27 heavy (non-hydrogen) atoms. The van der Waals surface area contributed by atoms with Crippen LogP contribution in [0.2, 0.25) is 0 Å². The molecule has 0 bridgehead atoms. The van der Waals surface area contributed by atoms with E-state index >= 15 is 0 Å². The van der Waals surface area contributed by atoms with Crippen molar-refractivity contribution in [2.75, 3.05) is 0 Å². The van der Waals surface area contributed by atoms with E-state index in [1.807, 2.05) is 42.5 Å².